The molecule has 8 heteroatoms. The van der Waals surface area contributed by atoms with E-state index in [9.17, 15) is 13.5 Å². The van der Waals surface area contributed by atoms with Crippen LogP contribution in [-0.4, -0.2) is 18.5 Å². The number of nitriles is 1. The van der Waals surface area contributed by atoms with E-state index in [2.05, 4.69) is 9.71 Å². The maximum Gasteiger partial charge on any atom is 0.263 e. The number of benzene rings is 1. The van der Waals surface area contributed by atoms with Crippen molar-refractivity contribution >= 4 is 27.3 Å². The van der Waals surface area contributed by atoms with Gasteiger partial charge in [-0.15, -0.1) is 0 Å². The summed E-state index contributed by atoms with van der Waals surface area (Å²) in [5, 5.41) is 18.8. The number of phenols is 1. The highest BCUT2D eigenvalue weighted by molar-refractivity contribution is 7.92. The van der Waals surface area contributed by atoms with Gasteiger partial charge in [-0.25, -0.2) is 13.4 Å². The molecule has 6 nitrogen and oxygen atoms in total. The van der Waals surface area contributed by atoms with Gasteiger partial charge < -0.3 is 5.11 Å². The summed E-state index contributed by atoms with van der Waals surface area (Å²) in [7, 11) is -3.93. The van der Waals surface area contributed by atoms with E-state index in [1.165, 1.54) is 24.3 Å². The lowest BCUT2D eigenvalue weighted by atomic mass is 10.2. The second kappa shape index (κ2) is 5.60. The molecule has 1 heterocycles. The molecule has 2 rings (SSSR count). The zero-order valence-electron chi connectivity index (χ0n) is 10.8. The van der Waals surface area contributed by atoms with Gasteiger partial charge in [0.1, 0.15) is 22.4 Å². The van der Waals surface area contributed by atoms with Gasteiger partial charge in [0.25, 0.3) is 10.0 Å². The average Bonchev–Trinajstić information content (AvgIpc) is 2.44. The Morgan fingerprint density at radius 1 is 1.38 bits per heavy atom. The summed E-state index contributed by atoms with van der Waals surface area (Å²) in [6.07, 6.45) is 1.06. The number of halogens is 1. The Labute approximate surface area is 126 Å². The zero-order valence-corrected chi connectivity index (χ0v) is 12.4. The molecule has 108 valence electrons. The first-order valence-corrected chi connectivity index (χ1v) is 7.57. The third-order valence-electron chi connectivity index (χ3n) is 2.67. The summed E-state index contributed by atoms with van der Waals surface area (Å²) in [5.41, 5.74) is 0.526. The summed E-state index contributed by atoms with van der Waals surface area (Å²) in [6.45, 7) is 1.60. The van der Waals surface area contributed by atoms with Crippen molar-refractivity contribution in [3.8, 4) is 11.8 Å². The minimum Gasteiger partial charge on any atom is -0.505 e. The Hall–Kier alpha value is -2.30. The molecule has 2 N–H and O–H groups in total. The van der Waals surface area contributed by atoms with E-state index in [-0.39, 0.29) is 22.0 Å². The molecule has 0 aliphatic carbocycles. The van der Waals surface area contributed by atoms with Crippen LogP contribution in [0, 0.1) is 18.3 Å². The van der Waals surface area contributed by atoms with Crippen LogP contribution in [0.25, 0.3) is 0 Å². The van der Waals surface area contributed by atoms with Crippen LogP contribution in [0.3, 0.4) is 0 Å². The van der Waals surface area contributed by atoms with Crippen LogP contribution >= 0.6 is 11.6 Å². The van der Waals surface area contributed by atoms with E-state index in [1.807, 2.05) is 0 Å². The molecule has 0 atom stereocenters. The fourth-order valence-electron chi connectivity index (χ4n) is 1.62. The quantitative estimate of drug-likeness (QED) is 0.844. The molecule has 1 aromatic heterocycles. The van der Waals surface area contributed by atoms with Gasteiger partial charge in [-0.2, -0.15) is 5.26 Å². The minimum absolute atomic E-state index is 0.0237. The Kier molecular flexibility index (Phi) is 4.02. The molecule has 0 unspecified atom stereocenters. The monoisotopic (exact) mass is 323 g/mol. The number of aromatic hydroxyl groups is 1. The van der Waals surface area contributed by atoms with Crippen LogP contribution in [0.4, 0.5) is 5.69 Å². The number of sulfonamides is 1. The minimum atomic E-state index is -3.93. The van der Waals surface area contributed by atoms with E-state index < -0.39 is 10.0 Å². The lowest BCUT2D eigenvalue weighted by molar-refractivity contribution is 0.473. The standard InChI is InChI=1S/C13H10ClN3O3S/c1-8-4-9(14)5-12(13(8)18)17-21(19,20)11-3-2-10(6-15)16-7-11/h2-5,7,17-18H,1H3. The number of phenolic OH excluding ortho intramolecular Hbond substituents is 1. The number of hydrogen-bond donors (Lipinski definition) is 2. The number of aryl methyl sites for hydroxylation is 1. The van der Waals surface area contributed by atoms with Crippen molar-refractivity contribution in [3.63, 3.8) is 0 Å². The number of rotatable bonds is 3. The lowest BCUT2D eigenvalue weighted by Gasteiger charge is -2.11. The van der Waals surface area contributed by atoms with Crippen molar-refractivity contribution < 1.29 is 13.5 Å². The number of aromatic nitrogens is 1. The van der Waals surface area contributed by atoms with Gasteiger partial charge in [-0.3, -0.25) is 4.72 Å². The summed E-state index contributed by atoms with van der Waals surface area (Å²) in [6, 6.07) is 7.15. The Bertz CT molecular complexity index is 827. The number of nitrogens with zero attached hydrogens (tertiary/aromatic N) is 2. The maximum atomic E-state index is 12.2. The Morgan fingerprint density at radius 3 is 2.67 bits per heavy atom. The first-order chi connectivity index (χ1) is 9.83. The van der Waals surface area contributed by atoms with E-state index in [0.717, 1.165) is 6.20 Å². The molecular weight excluding hydrogens is 314 g/mol. The summed E-state index contributed by atoms with van der Waals surface area (Å²) in [4.78, 5) is 3.57. The van der Waals surface area contributed by atoms with Crippen LogP contribution in [0.2, 0.25) is 5.02 Å². The fraction of sp³-hybridized carbons (Fsp3) is 0.0769. The third kappa shape index (κ3) is 3.24. The molecule has 0 radical (unpaired) electrons. The SMILES string of the molecule is Cc1cc(Cl)cc(NS(=O)(=O)c2ccc(C#N)nc2)c1O. The molecule has 0 aliphatic rings. The van der Waals surface area contributed by atoms with Gasteiger partial charge in [0, 0.05) is 11.2 Å². The topological polar surface area (TPSA) is 103 Å². The average molecular weight is 324 g/mol. The first kappa shape index (κ1) is 15.1. The van der Waals surface area contributed by atoms with Gasteiger partial charge in [0.15, 0.2) is 0 Å². The summed E-state index contributed by atoms with van der Waals surface area (Å²) < 4.78 is 26.6. The molecule has 0 aliphatic heterocycles. The van der Waals surface area contributed by atoms with E-state index in [4.69, 9.17) is 16.9 Å². The number of pyridine rings is 1. The van der Waals surface area contributed by atoms with Gasteiger partial charge in [-0.05, 0) is 36.8 Å². The highest BCUT2D eigenvalue weighted by Crippen LogP contribution is 2.32. The maximum absolute atomic E-state index is 12.2. The second-order valence-electron chi connectivity index (χ2n) is 4.22. The largest absolute Gasteiger partial charge is 0.505 e. The molecule has 1 aromatic carbocycles. The third-order valence-corrected chi connectivity index (χ3v) is 4.24. The molecule has 21 heavy (non-hydrogen) atoms. The van der Waals surface area contributed by atoms with Crippen molar-refractivity contribution in [3.05, 3.63) is 46.7 Å². The highest BCUT2D eigenvalue weighted by atomic mass is 35.5. The van der Waals surface area contributed by atoms with Gasteiger partial charge in [0.05, 0.1) is 5.69 Å². The number of hydrogen-bond acceptors (Lipinski definition) is 5. The van der Waals surface area contributed by atoms with Crippen LogP contribution < -0.4 is 4.72 Å². The van der Waals surface area contributed by atoms with Crippen LogP contribution in [0.15, 0.2) is 35.4 Å². The molecule has 0 fully saturated rings. The molecule has 0 saturated heterocycles. The molecule has 0 spiro atoms. The van der Waals surface area contributed by atoms with Crippen LogP contribution in [0.5, 0.6) is 5.75 Å². The summed E-state index contributed by atoms with van der Waals surface area (Å²) in [5.74, 6) is -0.204. The number of nitrogens with one attached hydrogen (secondary N) is 1. The van der Waals surface area contributed by atoms with Crippen LogP contribution in [-0.2, 0) is 10.0 Å². The molecule has 0 bridgehead atoms. The van der Waals surface area contributed by atoms with Gasteiger partial charge in [-0.1, -0.05) is 11.6 Å². The molecular formula is C13H10ClN3O3S. The van der Waals surface area contributed by atoms with Crippen molar-refractivity contribution in [2.45, 2.75) is 11.8 Å². The van der Waals surface area contributed by atoms with E-state index in [0.29, 0.717) is 10.6 Å². The van der Waals surface area contributed by atoms with Crippen molar-refractivity contribution in [2.24, 2.45) is 0 Å². The predicted octanol–water partition coefficient (Wildman–Crippen LogP) is 2.42. The van der Waals surface area contributed by atoms with E-state index >= 15 is 0 Å². The lowest BCUT2D eigenvalue weighted by Crippen LogP contribution is -2.13. The first-order valence-electron chi connectivity index (χ1n) is 5.71. The summed E-state index contributed by atoms with van der Waals surface area (Å²) >= 11 is 5.84. The number of anilines is 1. The highest BCUT2D eigenvalue weighted by Gasteiger charge is 2.18. The normalized spacial score (nSPS) is 10.9. The molecule has 0 amide bonds. The fourth-order valence-corrected chi connectivity index (χ4v) is 2.90. The molecule has 0 saturated carbocycles. The van der Waals surface area contributed by atoms with Gasteiger partial charge in [0.2, 0.25) is 0 Å². The second-order valence-corrected chi connectivity index (χ2v) is 6.33. The predicted molar refractivity (Wildman–Crippen MR) is 77.6 cm³/mol. The van der Waals surface area contributed by atoms with E-state index in [1.54, 1.807) is 13.0 Å². The van der Waals surface area contributed by atoms with Crippen LogP contribution in [0.1, 0.15) is 11.3 Å². The van der Waals surface area contributed by atoms with Crippen molar-refractivity contribution in [1.29, 1.82) is 5.26 Å². The Balaban J connectivity index is 2.40. The van der Waals surface area contributed by atoms with Crippen molar-refractivity contribution in [1.82, 2.24) is 4.98 Å². The smallest absolute Gasteiger partial charge is 0.263 e. The molecule has 2 aromatic rings. The zero-order chi connectivity index (χ0) is 15.6. The Morgan fingerprint density at radius 2 is 2.10 bits per heavy atom. The van der Waals surface area contributed by atoms with Crippen molar-refractivity contribution in [2.75, 3.05) is 4.72 Å². The van der Waals surface area contributed by atoms with Gasteiger partial charge >= 0.3 is 0 Å².